The first kappa shape index (κ1) is 13.8. The first-order chi connectivity index (χ1) is 9.15. The van der Waals surface area contributed by atoms with Crippen LogP contribution in [0.2, 0.25) is 0 Å². The molecule has 104 valence electrons. The van der Waals surface area contributed by atoms with Gasteiger partial charge in [0.1, 0.15) is 5.82 Å². The Labute approximate surface area is 111 Å². The molecule has 19 heavy (non-hydrogen) atoms. The molecule has 4 nitrogen and oxygen atoms in total. The zero-order valence-corrected chi connectivity index (χ0v) is 11.4. The number of fused-ring (bicyclic) bond motifs is 1. The predicted octanol–water partition coefficient (Wildman–Crippen LogP) is 2.20. The van der Waals surface area contributed by atoms with Gasteiger partial charge in [0.2, 0.25) is 0 Å². The lowest BCUT2D eigenvalue weighted by atomic mass is 10.3. The Morgan fingerprint density at radius 2 is 2.05 bits per heavy atom. The SMILES string of the molecule is CCN(CC)CCCn1c(=O)[nH]c2cc(F)ccc21. The minimum Gasteiger partial charge on any atom is -0.305 e. The summed E-state index contributed by atoms with van der Waals surface area (Å²) in [6, 6.07) is 4.40. The van der Waals surface area contributed by atoms with Crippen molar-refractivity contribution in [2.75, 3.05) is 19.6 Å². The van der Waals surface area contributed by atoms with Gasteiger partial charge in [-0.15, -0.1) is 0 Å². The van der Waals surface area contributed by atoms with Gasteiger partial charge in [-0.25, -0.2) is 9.18 Å². The van der Waals surface area contributed by atoms with Crippen LogP contribution in [-0.2, 0) is 6.54 Å². The number of aromatic nitrogens is 2. The molecule has 1 N–H and O–H groups in total. The minimum absolute atomic E-state index is 0.167. The zero-order valence-electron chi connectivity index (χ0n) is 11.4. The number of benzene rings is 1. The smallest absolute Gasteiger partial charge is 0.305 e. The standard InChI is InChI=1S/C14H20FN3O/c1-3-17(4-2)8-5-9-18-13-7-6-11(15)10-12(13)16-14(18)19/h6-7,10H,3-5,8-9H2,1-2H3,(H,16,19). The molecular formula is C14H20FN3O. The van der Waals surface area contributed by atoms with Gasteiger partial charge in [-0.1, -0.05) is 13.8 Å². The highest BCUT2D eigenvalue weighted by Gasteiger charge is 2.07. The number of halogens is 1. The minimum atomic E-state index is -0.330. The number of hydrogen-bond acceptors (Lipinski definition) is 2. The fraction of sp³-hybridized carbons (Fsp3) is 0.500. The Morgan fingerprint density at radius 1 is 1.32 bits per heavy atom. The monoisotopic (exact) mass is 265 g/mol. The van der Waals surface area contributed by atoms with Crippen LogP contribution in [0.5, 0.6) is 0 Å². The molecule has 1 aromatic heterocycles. The molecule has 0 bridgehead atoms. The van der Waals surface area contributed by atoms with Crippen molar-refractivity contribution >= 4 is 11.0 Å². The van der Waals surface area contributed by atoms with Crippen LogP contribution < -0.4 is 5.69 Å². The highest BCUT2D eigenvalue weighted by Crippen LogP contribution is 2.12. The molecule has 0 radical (unpaired) electrons. The van der Waals surface area contributed by atoms with Gasteiger partial charge in [-0.05, 0) is 44.3 Å². The first-order valence-corrected chi connectivity index (χ1v) is 6.76. The van der Waals surface area contributed by atoms with Gasteiger partial charge >= 0.3 is 5.69 Å². The van der Waals surface area contributed by atoms with Crippen molar-refractivity contribution in [3.63, 3.8) is 0 Å². The quantitative estimate of drug-likeness (QED) is 0.870. The maximum atomic E-state index is 13.1. The second-order valence-electron chi connectivity index (χ2n) is 4.62. The third-order valence-electron chi connectivity index (χ3n) is 3.49. The van der Waals surface area contributed by atoms with Crippen LogP contribution >= 0.6 is 0 Å². The summed E-state index contributed by atoms with van der Waals surface area (Å²) in [6.45, 7) is 7.91. The van der Waals surface area contributed by atoms with E-state index in [1.807, 2.05) is 0 Å². The molecule has 0 aliphatic heterocycles. The van der Waals surface area contributed by atoms with Crippen molar-refractivity contribution in [1.82, 2.24) is 14.5 Å². The molecule has 0 saturated carbocycles. The number of aromatic amines is 1. The highest BCUT2D eigenvalue weighted by molar-refractivity contribution is 5.75. The van der Waals surface area contributed by atoms with Crippen LogP contribution in [0.4, 0.5) is 4.39 Å². The van der Waals surface area contributed by atoms with Crippen LogP contribution in [0.15, 0.2) is 23.0 Å². The van der Waals surface area contributed by atoms with Gasteiger partial charge < -0.3 is 9.88 Å². The Bertz CT molecular complexity index is 598. The Balaban J connectivity index is 2.12. The van der Waals surface area contributed by atoms with E-state index in [9.17, 15) is 9.18 Å². The first-order valence-electron chi connectivity index (χ1n) is 6.76. The van der Waals surface area contributed by atoms with Crippen LogP contribution in [0.25, 0.3) is 11.0 Å². The van der Waals surface area contributed by atoms with Gasteiger partial charge in [-0.3, -0.25) is 4.57 Å². The van der Waals surface area contributed by atoms with E-state index in [1.165, 1.54) is 12.1 Å². The van der Waals surface area contributed by atoms with E-state index in [-0.39, 0.29) is 11.5 Å². The van der Waals surface area contributed by atoms with Crippen molar-refractivity contribution in [2.24, 2.45) is 0 Å². The van der Waals surface area contributed by atoms with Gasteiger partial charge in [0.25, 0.3) is 0 Å². The van der Waals surface area contributed by atoms with Crippen molar-refractivity contribution < 1.29 is 4.39 Å². The van der Waals surface area contributed by atoms with Gasteiger partial charge in [0.15, 0.2) is 0 Å². The van der Waals surface area contributed by atoms with Crippen molar-refractivity contribution in [3.8, 4) is 0 Å². The summed E-state index contributed by atoms with van der Waals surface area (Å²) in [4.78, 5) is 16.8. The maximum absolute atomic E-state index is 13.1. The number of nitrogens with one attached hydrogen (secondary N) is 1. The molecule has 2 rings (SSSR count). The molecule has 0 aliphatic carbocycles. The third-order valence-corrected chi connectivity index (χ3v) is 3.49. The summed E-state index contributed by atoms with van der Waals surface area (Å²) in [7, 11) is 0. The number of aryl methyl sites for hydroxylation is 1. The second kappa shape index (κ2) is 6.02. The molecular weight excluding hydrogens is 245 g/mol. The predicted molar refractivity (Wildman–Crippen MR) is 74.9 cm³/mol. The van der Waals surface area contributed by atoms with E-state index >= 15 is 0 Å². The van der Waals surface area contributed by atoms with E-state index in [4.69, 9.17) is 0 Å². The molecule has 0 saturated heterocycles. The Morgan fingerprint density at radius 3 is 2.74 bits per heavy atom. The summed E-state index contributed by atoms with van der Waals surface area (Å²) in [5.41, 5.74) is 1.17. The third kappa shape index (κ3) is 3.04. The molecule has 0 aliphatic rings. The van der Waals surface area contributed by atoms with Crippen molar-refractivity contribution in [3.05, 3.63) is 34.5 Å². The average Bonchev–Trinajstić information content (AvgIpc) is 2.70. The van der Waals surface area contributed by atoms with Gasteiger partial charge in [0, 0.05) is 6.54 Å². The van der Waals surface area contributed by atoms with Crippen LogP contribution in [0.3, 0.4) is 0 Å². The lowest BCUT2D eigenvalue weighted by Gasteiger charge is -2.17. The molecule has 5 heteroatoms. The van der Waals surface area contributed by atoms with E-state index in [2.05, 4.69) is 23.7 Å². The molecule has 0 amide bonds. The van der Waals surface area contributed by atoms with Crippen LogP contribution in [0.1, 0.15) is 20.3 Å². The molecule has 0 atom stereocenters. The summed E-state index contributed by atoms with van der Waals surface area (Å²) in [5, 5.41) is 0. The number of hydrogen-bond donors (Lipinski definition) is 1. The summed E-state index contributed by atoms with van der Waals surface area (Å²) in [6.07, 6.45) is 0.909. The van der Waals surface area contributed by atoms with E-state index in [0.717, 1.165) is 31.6 Å². The number of nitrogens with zero attached hydrogens (tertiary/aromatic N) is 2. The second-order valence-corrected chi connectivity index (χ2v) is 4.62. The fourth-order valence-electron chi connectivity index (χ4n) is 2.35. The highest BCUT2D eigenvalue weighted by atomic mass is 19.1. The normalized spacial score (nSPS) is 11.6. The molecule has 1 aromatic carbocycles. The molecule has 0 fully saturated rings. The van der Waals surface area contributed by atoms with Crippen molar-refractivity contribution in [2.45, 2.75) is 26.8 Å². The van der Waals surface area contributed by atoms with E-state index < -0.39 is 0 Å². The Kier molecular flexibility index (Phi) is 4.37. The van der Waals surface area contributed by atoms with E-state index in [1.54, 1.807) is 10.6 Å². The maximum Gasteiger partial charge on any atom is 0.326 e. The number of imidazole rings is 1. The van der Waals surface area contributed by atoms with Gasteiger partial charge in [-0.2, -0.15) is 0 Å². The number of rotatable bonds is 6. The lowest BCUT2D eigenvalue weighted by Crippen LogP contribution is -2.26. The largest absolute Gasteiger partial charge is 0.326 e. The summed E-state index contributed by atoms with van der Waals surface area (Å²) >= 11 is 0. The summed E-state index contributed by atoms with van der Waals surface area (Å²) < 4.78 is 14.8. The lowest BCUT2D eigenvalue weighted by molar-refractivity contribution is 0.293. The molecule has 0 spiro atoms. The fourth-order valence-corrected chi connectivity index (χ4v) is 2.35. The Hall–Kier alpha value is -1.62. The zero-order chi connectivity index (χ0) is 13.8. The van der Waals surface area contributed by atoms with Gasteiger partial charge in [0.05, 0.1) is 11.0 Å². The van der Waals surface area contributed by atoms with Crippen molar-refractivity contribution in [1.29, 1.82) is 0 Å². The van der Waals surface area contributed by atoms with Crippen LogP contribution in [0, 0.1) is 5.82 Å². The summed E-state index contributed by atoms with van der Waals surface area (Å²) in [5.74, 6) is -0.330. The van der Waals surface area contributed by atoms with E-state index in [0.29, 0.717) is 12.1 Å². The molecule has 1 heterocycles. The number of H-pyrrole nitrogens is 1. The molecule has 2 aromatic rings. The topological polar surface area (TPSA) is 41.0 Å². The average molecular weight is 265 g/mol. The molecule has 0 unspecified atom stereocenters. The van der Waals surface area contributed by atoms with Crippen LogP contribution in [-0.4, -0.2) is 34.1 Å².